The topological polar surface area (TPSA) is 35.6 Å². The second-order valence-corrected chi connectivity index (χ2v) is 6.17. The summed E-state index contributed by atoms with van der Waals surface area (Å²) in [7, 11) is 0. The molecule has 1 amide bonds. The Balaban J connectivity index is 1.58. The van der Waals surface area contributed by atoms with Gasteiger partial charge in [0.15, 0.2) is 0 Å². The number of hydrogen-bond donors (Lipinski definition) is 1. The van der Waals surface area contributed by atoms with Crippen LogP contribution in [0.5, 0.6) is 0 Å². The number of likely N-dealkylation sites (tertiary alicyclic amines) is 1. The van der Waals surface area contributed by atoms with Crippen molar-refractivity contribution < 1.29 is 4.79 Å². The summed E-state index contributed by atoms with van der Waals surface area (Å²) in [5, 5.41) is 3.64. The normalized spacial score (nSPS) is 19.9. The van der Waals surface area contributed by atoms with Gasteiger partial charge in [0, 0.05) is 50.5 Å². The number of anilines is 2. The van der Waals surface area contributed by atoms with E-state index in [2.05, 4.69) is 34.5 Å². The van der Waals surface area contributed by atoms with Crippen molar-refractivity contribution in [3.05, 3.63) is 24.3 Å². The van der Waals surface area contributed by atoms with E-state index in [1.165, 1.54) is 37.3 Å². The van der Waals surface area contributed by atoms with Crippen LogP contribution < -0.4 is 10.2 Å². The highest BCUT2D eigenvalue weighted by Crippen LogP contribution is 2.25. The molecule has 2 aliphatic heterocycles. The van der Waals surface area contributed by atoms with Gasteiger partial charge in [-0.25, -0.2) is 0 Å². The molecular formula is C17H25N3O. The number of nitrogens with zero attached hydrogens (tertiary/aromatic N) is 2. The lowest BCUT2D eigenvalue weighted by molar-refractivity contribution is -0.129. The van der Waals surface area contributed by atoms with Crippen molar-refractivity contribution in [1.29, 1.82) is 0 Å². The van der Waals surface area contributed by atoms with E-state index in [-0.39, 0.29) is 5.91 Å². The highest BCUT2D eigenvalue weighted by molar-refractivity contribution is 5.73. The molecule has 0 atom stereocenters. The number of carbonyl (C=O) groups is 1. The molecule has 1 aromatic carbocycles. The Morgan fingerprint density at radius 1 is 1.14 bits per heavy atom. The third-order valence-corrected chi connectivity index (χ3v) is 4.63. The van der Waals surface area contributed by atoms with E-state index in [4.69, 9.17) is 0 Å². The molecule has 0 aliphatic carbocycles. The van der Waals surface area contributed by atoms with Crippen molar-refractivity contribution in [3.63, 3.8) is 0 Å². The molecule has 0 saturated carbocycles. The average molecular weight is 287 g/mol. The number of benzene rings is 1. The van der Waals surface area contributed by atoms with Crippen molar-refractivity contribution in [2.75, 3.05) is 36.4 Å². The van der Waals surface area contributed by atoms with Crippen LogP contribution in [0.3, 0.4) is 0 Å². The fraction of sp³-hybridized carbons (Fsp3) is 0.588. The Morgan fingerprint density at radius 3 is 2.52 bits per heavy atom. The van der Waals surface area contributed by atoms with Crippen molar-refractivity contribution in [2.45, 2.75) is 38.6 Å². The predicted molar refractivity (Wildman–Crippen MR) is 86.8 cm³/mol. The van der Waals surface area contributed by atoms with Gasteiger partial charge in [-0.3, -0.25) is 4.79 Å². The molecule has 0 bridgehead atoms. The van der Waals surface area contributed by atoms with E-state index >= 15 is 0 Å². The molecule has 114 valence electrons. The number of rotatable bonds is 3. The van der Waals surface area contributed by atoms with Crippen LogP contribution in [0.25, 0.3) is 0 Å². The summed E-state index contributed by atoms with van der Waals surface area (Å²) in [5.41, 5.74) is 2.54. The van der Waals surface area contributed by atoms with Crippen LogP contribution in [-0.2, 0) is 4.79 Å². The standard InChI is InChI=1S/C17H25N3O/c1-14(21)19-11-7-15(8-12-19)18-16-5-4-6-17(13-16)20-9-2-3-10-20/h4-6,13,15,18H,2-3,7-12H2,1H3. The van der Waals surface area contributed by atoms with Gasteiger partial charge in [-0.1, -0.05) is 6.07 Å². The number of amides is 1. The molecule has 21 heavy (non-hydrogen) atoms. The van der Waals surface area contributed by atoms with Gasteiger partial charge in [0.1, 0.15) is 0 Å². The third-order valence-electron chi connectivity index (χ3n) is 4.63. The Morgan fingerprint density at radius 2 is 1.86 bits per heavy atom. The van der Waals surface area contributed by atoms with Gasteiger partial charge in [-0.15, -0.1) is 0 Å². The lowest BCUT2D eigenvalue weighted by Gasteiger charge is -2.32. The van der Waals surface area contributed by atoms with Gasteiger partial charge in [-0.05, 0) is 43.9 Å². The Kier molecular flexibility index (Phi) is 4.32. The summed E-state index contributed by atoms with van der Waals surface area (Å²) in [4.78, 5) is 15.8. The second-order valence-electron chi connectivity index (χ2n) is 6.17. The Labute approximate surface area is 127 Å². The minimum absolute atomic E-state index is 0.199. The number of piperidine rings is 1. The van der Waals surface area contributed by atoms with E-state index in [1.807, 2.05) is 4.90 Å². The first kappa shape index (κ1) is 14.2. The van der Waals surface area contributed by atoms with Crippen LogP contribution in [0.1, 0.15) is 32.6 Å². The Hall–Kier alpha value is -1.71. The van der Waals surface area contributed by atoms with E-state index < -0.39 is 0 Å². The molecule has 4 heteroatoms. The molecule has 3 rings (SSSR count). The van der Waals surface area contributed by atoms with Crippen LogP contribution in [0.2, 0.25) is 0 Å². The van der Waals surface area contributed by atoms with Crippen molar-refractivity contribution in [3.8, 4) is 0 Å². The van der Waals surface area contributed by atoms with E-state index in [0.29, 0.717) is 6.04 Å². The zero-order valence-electron chi connectivity index (χ0n) is 12.8. The SMILES string of the molecule is CC(=O)N1CCC(Nc2cccc(N3CCCC3)c2)CC1. The van der Waals surface area contributed by atoms with Gasteiger partial charge < -0.3 is 15.1 Å². The molecule has 2 saturated heterocycles. The molecule has 0 radical (unpaired) electrons. The minimum atomic E-state index is 0.199. The van der Waals surface area contributed by atoms with E-state index in [1.54, 1.807) is 6.92 Å². The van der Waals surface area contributed by atoms with E-state index in [0.717, 1.165) is 25.9 Å². The van der Waals surface area contributed by atoms with Gasteiger partial charge in [0.25, 0.3) is 0 Å². The molecule has 2 aliphatic rings. The van der Waals surface area contributed by atoms with Crippen molar-refractivity contribution >= 4 is 17.3 Å². The molecule has 1 aromatic rings. The fourth-order valence-electron chi connectivity index (χ4n) is 3.34. The maximum Gasteiger partial charge on any atom is 0.219 e. The summed E-state index contributed by atoms with van der Waals surface area (Å²) in [6, 6.07) is 9.24. The lowest BCUT2D eigenvalue weighted by Crippen LogP contribution is -2.41. The summed E-state index contributed by atoms with van der Waals surface area (Å²) in [6.07, 6.45) is 4.68. The van der Waals surface area contributed by atoms with Gasteiger partial charge >= 0.3 is 0 Å². The molecular weight excluding hydrogens is 262 g/mol. The largest absolute Gasteiger partial charge is 0.382 e. The summed E-state index contributed by atoms with van der Waals surface area (Å²) < 4.78 is 0. The maximum atomic E-state index is 11.4. The van der Waals surface area contributed by atoms with Crippen LogP contribution in [0, 0.1) is 0 Å². The fourth-order valence-corrected chi connectivity index (χ4v) is 3.34. The quantitative estimate of drug-likeness (QED) is 0.928. The third kappa shape index (κ3) is 3.49. The van der Waals surface area contributed by atoms with E-state index in [9.17, 15) is 4.79 Å². The zero-order chi connectivity index (χ0) is 14.7. The molecule has 1 N–H and O–H groups in total. The smallest absolute Gasteiger partial charge is 0.219 e. The van der Waals surface area contributed by atoms with Gasteiger partial charge in [-0.2, -0.15) is 0 Å². The maximum absolute atomic E-state index is 11.4. The zero-order valence-corrected chi connectivity index (χ0v) is 12.8. The first-order chi connectivity index (χ1) is 10.2. The van der Waals surface area contributed by atoms with Crippen LogP contribution in [0.15, 0.2) is 24.3 Å². The molecule has 4 nitrogen and oxygen atoms in total. The van der Waals surface area contributed by atoms with Gasteiger partial charge in [0.2, 0.25) is 5.91 Å². The summed E-state index contributed by atoms with van der Waals surface area (Å²) in [5.74, 6) is 0.199. The predicted octanol–water partition coefficient (Wildman–Crippen LogP) is 2.71. The molecule has 2 fully saturated rings. The summed E-state index contributed by atoms with van der Waals surface area (Å²) in [6.45, 7) is 5.77. The van der Waals surface area contributed by atoms with Crippen LogP contribution in [-0.4, -0.2) is 43.0 Å². The number of hydrogen-bond acceptors (Lipinski definition) is 3. The molecule has 2 heterocycles. The number of carbonyl (C=O) groups excluding carboxylic acids is 1. The Bertz CT molecular complexity index is 489. The second kappa shape index (κ2) is 6.37. The molecule has 0 unspecified atom stereocenters. The highest BCUT2D eigenvalue weighted by Gasteiger charge is 2.20. The monoisotopic (exact) mass is 287 g/mol. The summed E-state index contributed by atoms with van der Waals surface area (Å²) >= 11 is 0. The van der Waals surface area contributed by atoms with Gasteiger partial charge in [0.05, 0.1) is 0 Å². The minimum Gasteiger partial charge on any atom is -0.382 e. The molecule has 0 spiro atoms. The van der Waals surface area contributed by atoms with Crippen LogP contribution in [0.4, 0.5) is 11.4 Å². The first-order valence-corrected chi connectivity index (χ1v) is 8.09. The lowest BCUT2D eigenvalue weighted by atomic mass is 10.0. The highest BCUT2D eigenvalue weighted by atomic mass is 16.2. The van der Waals surface area contributed by atoms with Crippen molar-refractivity contribution in [2.24, 2.45) is 0 Å². The first-order valence-electron chi connectivity index (χ1n) is 8.09. The van der Waals surface area contributed by atoms with Crippen molar-refractivity contribution in [1.82, 2.24) is 4.90 Å². The average Bonchev–Trinajstić information content (AvgIpc) is 3.02. The number of nitrogens with one attached hydrogen (secondary N) is 1. The molecule has 0 aromatic heterocycles. The van der Waals surface area contributed by atoms with Crippen LogP contribution >= 0.6 is 0 Å².